The first kappa shape index (κ1) is 35.3. The van der Waals surface area contributed by atoms with E-state index in [-0.39, 0.29) is 36.5 Å². The fraction of sp³-hybridized carbons (Fsp3) is 0.914. The SMILES string of the molecule is CCCCCCCCCCCC[C@H](O)[C@H]1CC[C@@H]([C@@H](O)CCCCCCCCCCCCC2=C[C@H](C)OC2=O)O1. The Balaban J connectivity index is 1.35. The van der Waals surface area contributed by atoms with E-state index >= 15 is 0 Å². The molecule has 0 saturated carbocycles. The van der Waals surface area contributed by atoms with Crippen LogP contribution >= 0.6 is 0 Å². The zero-order valence-corrected chi connectivity index (χ0v) is 26.3. The van der Waals surface area contributed by atoms with Crippen molar-refractivity contribution in [3.63, 3.8) is 0 Å². The second kappa shape index (κ2) is 22.7. The van der Waals surface area contributed by atoms with Crippen molar-refractivity contribution in [2.24, 2.45) is 0 Å². The van der Waals surface area contributed by atoms with Crippen molar-refractivity contribution in [1.82, 2.24) is 0 Å². The Bertz CT molecular complexity index is 662. The molecule has 0 aliphatic carbocycles. The summed E-state index contributed by atoms with van der Waals surface area (Å²) in [4.78, 5) is 11.6. The standard InChI is InChI=1S/C35H64O5/c1-3-4-5-6-7-8-12-15-18-21-24-31(36)33-26-27-34(40-33)32(37)25-22-19-16-13-10-9-11-14-17-20-23-30-28-29(2)39-35(30)38/h28-29,31-34,36-37H,3-27H2,1-2H3/t29-,31-,32-,33+,34-/m0/s1. The molecule has 2 N–H and O–H groups in total. The van der Waals surface area contributed by atoms with E-state index in [0.29, 0.717) is 0 Å². The summed E-state index contributed by atoms with van der Waals surface area (Å²) in [6.07, 6.45) is 30.5. The van der Waals surface area contributed by atoms with Crippen molar-refractivity contribution in [3.05, 3.63) is 11.6 Å². The van der Waals surface area contributed by atoms with Crippen LogP contribution < -0.4 is 0 Å². The van der Waals surface area contributed by atoms with Crippen LogP contribution in [-0.4, -0.2) is 46.7 Å². The highest BCUT2D eigenvalue weighted by Gasteiger charge is 2.34. The van der Waals surface area contributed by atoms with Gasteiger partial charge >= 0.3 is 5.97 Å². The molecular formula is C35H64O5. The van der Waals surface area contributed by atoms with Crippen LogP contribution in [0.15, 0.2) is 11.6 Å². The van der Waals surface area contributed by atoms with Gasteiger partial charge in [0, 0.05) is 5.57 Å². The number of rotatable bonds is 26. The van der Waals surface area contributed by atoms with Gasteiger partial charge in [-0.05, 0) is 51.5 Å². The van der Waals surface area contributed by atoms with E-state index < -0.39 is 0 Å². The molecule has 1 saturated heterocycles. The molecule has 5 heteroatoms. The van der Waals surface area contributed by atoms with Crippen LogP contribution in [0.25, 0.3) is 0 Å². The third-order valence-electron chi connectivity index (χ3n) is 8.98. The quantitative estimate of drug-likeness (QED) is 0.0809. The van der Waals surface area contributed by atoms with Gasteiger partial charge in [0.15, 0.2) is 0 Å². The highest BCUT2D eigenvalue weighted by molar-refractivity contribution is 5.90. The second-order valence-electron chi connectivity index (χ2n) is 12.8. The average molecular weight is 565 g/mol. The van der Waals surface area contributed by atoms with E-state index in [1.165, 1.54) is 109 Å². The fourth-order valence-electron chi connectivity index (χ4n) is 6.37. The number of ether oxygens (including phenoxy) is 2. The van der Waals surface area contributed by atoms with Gasteiger partial charge in [0.1, 0.15) is 6.10 Å². The smallest absolute Gasteiger partial charge is 0.334 e. The summed E-state index contributed by atoms with van der Waals surface area (Å²) in [6, 6.07) is 0. The Kier molecular flexibility index (Phi) is 20.0. The molecule has 1 fully saturated rings. The lowest BCUT2D eigenvalue weighted by Gasteiger charge is -2.22. The van der Waals surface area contributed by atoms with Gasteiger partial charge in [-0.2, -0.15) is 0 Å². The van der Waals surface area contributed by atoms with E-state index in [1.54, 1.807) is 0 Å². The number of hydrogen-bond acceptors (Lipinski definition) is 5. The Labute approximate surface area is 246 Å². The molecule has 0 aromatic carbocycles. The maximum Gasteiger partial charge on any atom is 0.334 e. The van der Waals surface area contributed by atoms with Crippen LogP contribution in [0.1, 0.15) is 174 Å². The van der Waals surface area contributed by atoms with Crippen molar-refractivity contribution in [2.75, 3.05) is 0 Å². The third-order valence-corrected chi connectivity index (χ3v) is 8.98. The van der Waals surface area contributed by atoms with Crippen molar-refractivity contribution in [3.8, 4) is 0 Å². The van der Waals surface area contributed by atoms with E-state index in [9.17, 15) is 15.0 Å². The predicted molar refractivity (Wildman–Crippen MR) is 165 cm³/mol. The average Bonchev–Trinajstić information content (AvgIpc) is 3.56. The van der Waals surface area contributed by atoms with E-state index in [2.05, 4.69) is 6.92 Å². The van der Waals surface area contributed by atoms with E-state index in [4.69, 9.17) is 9.47 Å². The summed E-state index contributed by atoms with van der Waals surface area (Å²) in [6.45, 7) is 4.18. The molecule has 0 bridgehead atoms. The monoisotopic (exact) mass is 564 g/mol. The number of aliphatic hydroxyl groups excluding tert-OH is 2. The molecule has 0 amide bonds. The van der Waals surface area contributed by atoms with Crippen LogP contribution in [0.4, 0.5) is 0 Å². The molecular weight excluding hydrogens is 500 g/mol. The normalized spacial score (nSPS) is 22.4. The highest BCUT2D eigenvalue weighted by atomic mass is 16.5. The van der Waals surface area contributed by atoms with Crippen LogP contribution in [-0.2, 0) is 14.3 Å². The lowest BCUT2D eigenvalue weighted by atomic mass is 10.00. The first-order valence-electron chi connectivity index (χ1n) is 17.4. The number of esters is 1. The summed E-state index contributed by atoms with van der Waals surface area (Å²) in [7, 11) is 0. The Morgan fingerprint density at radius 1 is 0.675 bits per heavy atom. The molecule has 0 spiro atoms. The number of unbranched alkanes of at least 4 members (excludes halogenated alkanes) is 18. The largest absolute Gasteiger partial charge is 0.455 e. The molecule has 2 heterocycles. The summed E-state index contributed by atoms with van der Waals surface area (Å²) < 4.78 is 11.2. The van der Waals surface area contributed by atoms with Gasteiger partial charge in [-0.3, -0.25) is 0 Å². The topological polar surface area (TPSA) is 76.0 Å². The highest BCUT2D eigenvalue weighted by Crippen LogP contribution is 2.28. The first-order chi connectivity index (χ1) is 19.5. The minimum absolute atomic E-state index is 0.0443. The van der Waals surface area contributed by atoms with E-state index in [0.717, 1.165) is 56.9 Å². The summed E-state index contributed by atoms with van der Waals surface area (Å²) in [5.74, 6) is -0.117. The molecule has 40 heavy (non-hydrogen) atoms. The van der Waals surface area contributed by atoms with Crippen LogP contribution in [0, 0.1) is 0 Å². The summed E-state index contributed by atoms with van der Waals surface area (Å²) >= 11 is 0. The molecule has 2 rings (SSSR count). The molecule has 2 aliphatic rings. The van der Waals surface area contributed by atoms with Crippen LogP contribution in [0.3, 0.4) is 0 Å². The minimum atomic E-state index is -0.389. The number of carbonyl (C=O) groups excluding carboxylic acids is 1. The molecule has 2 aliphatic heterocycles. The van der Waals surface area contributed by atoms with Gasteiger partial charge in [0.05, 0.1) is 24.4 Å². The van der Waals surface area contributed by atoms with Gasteiger partial charge in [0.25, 0.3) is 0 Å². The third kappa shape index (κ3) is 15.9. The Morgan fingerprint density at radius 3 is 1.48 bits per heavy atom. The lowest BCUT2D eigenvalue weighted by molar-refractivity contribution is -0.139. The number of hydrogen-bond donors (Lipinski definition) is 2. The Hall–Kier alpha value is -0.910. The number of cyclic esters (lactones) is 1. The zero-order valence-electron chi connectivity index (χ0n) is 26.3. The molecule has 0 radical (unpaired) electrons. The Morgan fingerprint density at radius 2 is 1.07 bits per heavy atom. The molecule has 234 valence electrons. The lowest BCUT2D eigenvalue weighted by Crippen LogP contribution is -2.31. The van der Waals surface area contributed by atoms with Gasteiger partial charge in [0.2, 0.25) is 0 Å². The molecule has 0 aromatic heterocycles. The molecule has 0 aromatic rings. The van der Waals surface area contributed by atoms with Crippen molar-refractivity contribution in [2.45, 2.75) is 205 Å². The van der Waals surface area contributed by atoms with Crippen LogP contribution in [0.5, 0.6) is 0 Å². The van der Waals surface area contributed by atoms with E-state index in [1.807, 2.05) is 13.0 Å². The van der Waals surface area contributed by atoms with Crippen LogP contribution in [0.2, 0.25) is 0 Å². The van der Waals surface area contributed by atoms with Crippen molar-refractivity contribution in [1.29, 1.82) is 0 Å². The first-order valence-corrected chi connectivity index (χ1v) is 17.4. The fourth-order valence-corrected chi connectivity index (χ4v) is 6.37. The zero-order chi connectivity index (χ0) is 28.8. The minimum Gasteiger partial charge on any atom is -0.455 e. The number of aliphatic hydroxyl groups is 2. The van der Waals surface area contributed by atoms with Gasteiger partial charge in [-0.1, -0.05) is 129 Å². The van der Waals surface area contributed by atoms with Crippen molar-refractivity contribution < 1.29 is 24.5 Å². The molecule has 0 unspecified atom stereocenters. The second-order valence-corrected chi connectivity index (χ2v) is 12.8. The van der Waals surface area contributed by atoms with Gasteiger partial charge in [-0.25, -0.2) is 4.79 Å². The molecule has 5 atom stereocenters. The molecule has 5 nitrogen and oxygen atoms in total. The van der Waals surface area contributed by atoms with Gasteiger partial charge in [-0.15, -0.1) is 0 Å². The summed E-state index contributed by atoms with van der Waals surface area (Å²) in [5, 5.41) is 21.2. The maximum atomic E-state index is 11.6. The predicted octanol–water partition coefficient (Wildman–Crippen LogP) is 9.12. The van der Waals surface area contributed by atoms with Crippen molar-refractivity contribution >= 4 is 5.97 Å². The van der Waals surface area contributed by atoms with Gasteiger partial charge < -0.3 is 19.7 Å². The number of carbonyl (C=O) groups is 1. The summed E-state index contributed by atoms with van der Waals surface area (Å²) in [5.41, 5.74) is 0.870. The maximum absolute atomic E-state index is 11.6.